The minimum absolute atomic E-state index is 0. The molecule has 1 aromatic carbocycles. The normalized spacial score (nSPS) is 17.3. The molecule has 1 aliphatic heterocycles. The number of halogens is 1. The molecule has 6 heteroatoms. The summed E-state index contributed by atoms with van der Waals surface area (Å²) in [5, 5.41) is 3.48. The van der Waals surface area contributed by atoms with Crippen LogP contribution in [0.25, 0.3) is 0 Å². The van der Waals surface area contributed by atoms with Crippen LogP contribution in [0.15, 0.2) is 53.7 Å². The lowest BCUT2D eigenvalue weighted by molar-refractivity contribution is -0.0667. The second kappa shape index (κ2) is 9.11. The lowest BCUT2D eigenvalue weighted by Gasteiger charge is -2.62. The molecule has 0 amide bonds. The number of nitrogens with one attached hydrogen (secondary N) is 1. The molecular weight excluding hydrogens is 463 g/mol. The van der Waals surface area contributed by atoms with Gasteiger partial charge in [-0.2, -0.15) is 0 Å². The van der Waals surface area contributed by atoms with Crippen molar-refractivity contribution < 1.29 is 4.74 Å². The van der Waals surface area contributed by atoms with Crippen molar-refractivity contribution in [2.45, 2.75) is 46.4 Å². The maximum atomic E-state index is 5.79. The summed E-state index contributed by atoms with van der Waals surface area (Å²) < 4.78 is 5.79. The summed E-state index contributed by atoms with van der Waals surface area (Å²) in [7, 11) is 1.85. The van der Waals surface area contributed by atoms with E-state index in [4.69, 9.17) is 4.74 Å². The number of pyridine rings is 1. The summed E-state index contributed by atoms with van der Waals surface area (Å²) in [6.45, 7) is 11.4. The maximum Gasteiger partial charge on any atom is 0.194 e. The Labute approximate surface area is 185 Å². The van der Waals surface area contributed by atoms with E-state index in [0.717, 1.165) is 30.5 Å². The fourth-order valence-corrected chi connectivity index (χ4v) is 3.22. The maximum absolute atomic E-state index is 5.79. The Kier molecular flexibility index (Phi) is 7.31. The van der Waals surface area contributed by atoms with Crippen molar-refractivity contribution >= 4 is 29.9 Å². The summed E-state index contributed by atoms with van der Waals surface area (Å²) in [4.78, 5) is 11.1. The number of hydrogen-bond donors (Lipinski definition) is 1. The first-order chi connectivity index (χ1) is 12.8. The van der Waals surface area contributed by atoms with Crippen molar-refractivity contribution in [3.8, 4) is 5.75 Å². The van der Waals surface area contributed by atoms with E-state index in [1.165, 1.54) is 5.56 Å². The van der Waals surface area contributed by atoms with Crippen LogP contribution in [0.3, 0.4) is 0 Å². The number of aromatic nitrogens is 1. The molecule has 0 atom stereocenters. The van der Waals surface area contributed by atoms with E-state index in [-0.39, 0.29) is 34.9 Å². The molecule has 0 radical (unpaired) electrons. The number of guanidine groups is 1. The van der Waals surface area contributed by atoms with Gasteiger partial charge < -0.3 is 15.0 Å². The lowest BCUT2D eigenvalue weighted by atomic mass is 9.65. The Bertz CT molecular complexity index is 788. The number of benzene rings is 1. The van der Waals surface area contributed by atoms with Gasteiger partial charge in [0.15, 0.2) is 5.96 Å². The number of likely N-dealkylation sites (tertiary alicyclic amines) is 1. The predicted octanol–water partition coefficient (Wildman–Crippen LogP) is 4.47. The van der Waals surface area contributed by atoms with E-state index in [9.17, 15) is 0 Å². The van der Waals surface area contributed by atoms with E-state index < -0.39 is 0 Å². The highest BCUT2D eigenvalue weighted by molar-refractivity contribution is 14.0. The van der Waals surface area contributed by atoms with Crippen LogP contribution in [-0.4, -0.2) is 35.0 Å². The monoisotopic (exact) mass is 494 g/mol. The molecule has 3 rings (SSSR count). The van der Waals surface area contributed by atoms with Gasteiger partial charge in [-0.25, -0.2) is 0 Å². The average molecular weight is 494 g/mol. The zero-order valence-corrected chi connectivity index (χ0v) is 19.7. The van der Waals surface area contributed by atoms with E-state index in [2.05, 4.69) is 60.0 Å². The predicted molar refractivity (Wildman–Crippen MR) is 125 cm³/mol. The highest BCUT2D eigenvalue weighted by Crippen LogP contribution is 2.46. The molecule has 1 aliphatic rings. The molecule has 0 unspecified atom stereocenters. The fourth-order valence-electron chi connectivity index (χ4n) is 3.22. The lowest BCUT2D eigenvalue weighted by Crippen LogP contribution is -2.72. The first kappa shape index (κ1) is 22.5. The highest BCUT2D eigenvalue weighted by Gasteiger charge is 2.53. The summed E-state index contributed by atoms with van der Waals surface area (Å²) in [6, 6.07) is 14.0. The molecule has 5 nitrogen and oxygen atoms in total. The minimum Gasteiger partial charge on any atom is -0.487 e. The molecule has 2 aromatic rings. The Balaban J connectivity index is 0.00000280. The Morgan fingerprint density at radius 2 is 1.86 bits per heavy atom. The summed E-state index contributed by atoms with van der Waals surface area (Å²) in [6.07, 6.45) is 1.78. The van der Waals surface area contributed by atoms with Crippen molar-refractivity contribution in [2.24, 2.45) is 10.4 Å². The van der Waals surface area contributed by atoms with Gasteiger partial charge in [0.05, 0.1) is 5.69 Å². The van der Waals surface area contributed by atoms with Crippen LogP contribution in [0.4, 0.5) is 0 Å². The highest BCUT2D eigenvalue weighted by atomic mass is 127. The van der Waals surface area contributed by atoms with Gasteiger partial charge in [-0.1, -0.05) is 32.0 Å². The van der Waals surface area contributed by atoms with Crippen LogP contribution in [0, 0.1) is 5.41 Å². The average Bonchev–Trinajstić information content (AvgIpc) is 2.67. The molecule has 0 bridgehead atoms. The summed E-state index contributed by atoms with van der Waals surface area (Å²) in [5.41, 5.74) is 2.50. The van der Waals surface area contributed by atoms with Gasteiger partial charge in [0, 0.05) is 37.3 Å². The third-order valence-electron chi connectivity index (χ3n) is 5.84. The van der Waals surface area contributed by atoms with Gasteiger partial charge in [-0.05, 0) is 43.7 Å². The largest absolute Gasteiger partial charge is 0.487 e. The van der Waals surface area contributed by atoms with Gasteiger partial charge in [0.1, 0.15) is 12.4 Å². The Morgan fingerprint density at radius 3 is 2.39 bits per heavy atom. The van der Waals surface area contributed by atoms with Gasteiger partial charge in [-0.3, -0.25) is 9.98 Å². The number of rotatable bonds is 5. The molecule has 1 saturated heterocycles. The number of aliphatic imine (C=N–C) groups is 1. The van der Waals surface area contributed by atoms with Gasteiger partial charge in [0.2, 0.25) is 0 Å². The summed E-state index contributed by atoms with van der Waals surface area (Å²) in [5.74, 6) is 1.80. The Morgan fingerprint density at radius 1 is 1.14 bits per heavy atom. The third kappa shape index (κ3) is 4.77. The van der Waals surface area contributed by atoms with Gasteiger partial charge in [0.25, 0.3) is 0 Å². The first-order valence-corrected chi connectivity index (χ1v) is 9.43. The topological polar surface area (TPSA) is 49.8 Å². The van der Waals surface area contributed by atoms with E-state index >= 15 is 0 Å². The van der Waals surface area contributed by atoms with Crippen molar-refractivity contribution in [3.05, 3.63) is 59.9 Å². The quantitative estimate of drug-likeness (QED) is 0.379. The Hall–Kier alpha value is -1.83. The molecule has 0 spiro atoms. The summed E-state index contributed by atoms with van der Waals surface area (Å²) >= 11 is 0. The molecule has 0 aliphatic carbocycles. The molecule has 1 aromatic heterocycles. The van der Waals surface area contributed by atoms with Crippen LogP contribution in [0.2, 0.25) is 0 Å². The SMILES string of the molecule is CN=C(NCc1ccc(OCc2ccccn2)cc1)N1CC(C)(C)C1(C)C.I. The number of nitrogens with zero attached hydrogens (tertiary/aromatic N) is 3. The van der Waals surface area contributed by atoms with Crippen molar-refractivity contribution in [1.82, 2.24) is 15.2 Å². The second-order valence-electron chi connectivity index (χ2n) is 8.18. The fraction of sp³-hybridized carbons (Fsp3) is 0.455. The molecule has 152 valence electrons. The molecule has 28 heavy (non-hydrogen) atoms. The molecule has 1 fully saturated rings. The second-order valence-corrected chi connectivity index (χ2v) is 8.18. The van der Waals surface area contributed by atoms with Crippen LogP contribution in [-0.2, 0) is 13.2 Å². The van der Waals surface area contributed by atoms with Crippen LogP contribution in [0.1, 0.15) is 39.0 Å². The van der Waals surface area contributed by atoms with Crippen LogP contribution >= 0.6 is 24.0 Å². The van der Waals surface area contributed by atoms with Crippen LogP contribution in [0.5, 0.6) is 5.75 Å². The zero-order valence-electron chi connectivity index (χ0n) is 17.4. The van der Waals surface area contributed by atoms with E-state index in [1.54, 1.807) is 6.20 Å². The van der Waals surface area contributed by atoms with Crippen molar-refractivity contribution in [1.29, 1.82) is 0 Å². The first-order valence-electron chi connectivity index (χ1n) is 9.43. The number of hydrogen-bond acceptors (Lipinski definition) is 3. The smallest absolute Gasteiger partial charge is 0.194 e. The van der Waals surface area contributed by atoms with E-state index in [0.29, 0.717) is 6.61 Å². The van der Waals surface area contributed by atoms with Gasteiger partial charge >= 0.3 is 0 Å². The zero-order chi connectivity index (χ0) is 19.5. The van der Waals surface area contributed by atoms with Gasteiger partial charge in [-0.15, -0.1) is 24.0 Å². The number of ether oxygens (including phenoxy) is 1. The molecular formula is C22H31IN4O. The molecule has 2 heterocycles. The van der Waals surface area contributed by atoms with Crippen LogP contribution < -0.4 is 10.1 Å². The standard InChI is InChI=1S/C22H30N4O.HI/c1-21(2)16-26(22(21,3)4)20(23-5)25-14-17-9-11-19(12-10-17)27-15-18-8-6-7-13-24-18;/h6-13H,14-16H2,1-5H3,(H,23,25);1H. The van der Waals surface area contributed by atoms with Crippen molar-refractivity contribution in [3.63, 3.8) is 0 Å². The van der Waals surface area contributed by atoms with Crippen molar-refractivity contribution in [2.75, 3.05) is 13.6 Å². The minimum atomic E-state index is 0. The molecule has 0 saturated carbocycles. The third-order valence-corrected chi connectivity index (χ3v) is 5.84. The van der Waals surface area contributed by atoms with E-state index in [1.807, 2.05) is 37.4 Å². The molecule has 1 N–H and O–H groups in total.